The average molecular weight is 635 g/mol. The summed E-state index contributed by atoms with van der Waals surface area (Å²) >= 11 is 12.6. The summed E-state index contributed by atoms with van der Waals surface area (Å²) in [5, 5.41) is 3.67. The van der Waals surface area contributed by atoms with E-state index in [1.165, 1.54) is 24.1 Å². The molecule has 0 fully saturated rings. The first-order valence-electron chi connectivity index (χ1n) is 13.8. The maximum Gasteiger partial charge on any atom is 0.264 e. The number of hydrogen-bond donors (Lipinski definition) is 1. The molecule has 3 aromatic carbocycles. The Bertz CT molecular complexity index is 1460. The number of benzene rings is 3. The monoisotopic (exact) mass is 633 g/mol. The predicted octanol–water partition coefficient (Wildman–Crippen LogP) is 6.23. The van der Waals surface area contributed by atoms with Crippen LogP contribution < -0.4 is 14.4 Å². The van der Waals surface area contributed by atoms with Crippen LogP contribution in [-0.4, -0.2) is 51.4 Å². The molecule has 11 heteroatoms. The van der Waals surface area contributed by atoms with Gasteiger partial charge in [0.1, 0.15) is 18.3 Å². The minimum absolute atomic E-state index is 0.0183. The van der Waals surface area contributed by atoms with Gasteiger partial charge in [-0.15, -0.1) is 0 Å². The maximum atomic E-state index is 14.1. The number of rotatable bonds is 14. The van der Waals surface area contributed by atoms with E-state index in [0.29, 0.717) is 34.3 Å². The largest absolute Gasteiger partial charge is 0.497 e. The van der Waals surface area contributed by atoms with Crippen molar-refractivity contribution in [2.24, 2.45) is 0 Å². The maximum absolute atomic E-state index is 14.1. The molecule has 0 saturated heterocycles. The van der Waals surface area contributed by atoms with Gasteiger partial charge in [0, 0.05) is 23.1 Å². The number of carbonyl (C=O) groups excluding carboxylic acids is 2. The molecule has 1 atom stereocenters. The van der Waals surface area contributed by atoms with Crippen molar-refractivity contribution in [3.8, 4) is 5.75 Å². The third kappa shape index (κ3) is 8.40. The van der Waals surface area contributed by atoms with Crippen LogP contribution in [-0.2, 0) is 26.2 Å². The van der Waals surface area contributed by atoms with Crippen molar-refractivity contribution in [1.29, 1.82) is 0 Å². The molecule has 0 aliphatic rings. The highest BCUT2D eigenvalue weighted by Gasteiger charge is 2.34. The highest BCUT2D eigenvalue weighted by molar-refractivity contribution is 7.92. The van der Waals surface area contributed by atoms with E-state index in [1.807, 2.05) is 13.8 Å². The summed E-state index contributed by atoms with van der Waals surface area (Å²) in [7, 11) is -2.67. The summed E-state index contributed by atoms with van der Waals surface area (Å²) in [6.45, 7) is 5.58. The van der Waals surface area contributed by atoms with Crippen molar-refractivity contribution in [2.45, 2.75) is 57.5 Å². The van der Waals surface area contributed by atoms with Crippen LogP contribution in [0.1, 0.15) is 44.2 Å². The first-order chi connectivity index (χ1) is 20.0. The fourth-order valence-corrected chi connectivity index (χ4v) is 6.26. The minimum atomic E-state index is -4.17. The number of nitrogens with zero attached hydrogens (tertiary/aromatic N) is 2. The van der Waals surface area contributed by atoms with Gasteiger partial charge in [-0.2, -0.15) is 0 Å². The number of carbonyl (C=O) groups is 2. The SMILES string of the molecule is CCCCNC(=O)[C@@H](CC)N(Cc1ccc(Cl)cc1Cl)C(=O)CN(c1ccc(OC)cc1)S(=O)(=O)c1ccc(C)cc1. The molecule has 0 radical (unpaired) electrons. The molecule has 0 spiro atoms. The molecule has 0 heterocycles. The standard InChI is InChI=1S/C31H37Cl2N3O5S/c1-5-7-18-34-31(38)29(6-2)35(20-23-10-11-24(32)19-28(23)33)30(37)21-36(25-12-14-26(41-4)15-13-25)42(39,40)27-16-8-22(3)9-17-27/h8-17,19,29H,5-7,18,20-21H2,1-4H3,(H,34,38)/t29-/m1/s1. The molecular weight excluding hydrogens is 597 g/mol. The number of aryl methyl sites for hydroxylation is 1. The number of amides is 2. The zero-order chi connectivity index (χ0) is 30.9. The molecule has 0 unspecified atom stereocenters. The van der Waals surface area contributed by atoms with Crippen molar-refractivity contribution in [3.63, 3.8) is 0 Å². The van der Waals surface area contributed by atoms with E-state index < -0.39 is 28.5 Å². The molecule has 3 aromatic rings. The lowest BCUT2D eigenvalue weighted by atomic mass is 10.1. The first kappa shape index (κ1) is 33.2. The number of halogens is 2. The average Bonchev–Trinajstić information content (AvgIpc) is 2.97. The smallest absolute Gasteiger partial charge is 0.264 e. The molecule has 42 heavy (non-hydrogen) atoms. The first-order valence-corrected chi connectivity index (χ1v) is 16.0. The number of ether oxygens (including phenoxy) is 1. The highest BCUT2D eigenvalue weighted by atomic mass is 35.5. The van der Waals surface area contributed by atoms with Crippen LogP contribution in [0.2, 0.25) is 10.0 Å². The van der Waals surface area contributed by atoms with E-state index in [-0.39, 0.29) is 23.0 Å². The zero-order valence-corrected chi connectivity index (χ0v) is 26.6. The summed E-state index contributed by atoms with van der Waals surface area (Å²) in [5.74, 6) is -0.349. The summed E-state index contributed by atoms with van der Waals surface area (Å²) < 4.78 is 34.2. The second-order valence-electron chi connectivity index (χ2n) is 9.85. The Morgan fingerprint density at radius 1 is 0.976 bits per heavy atom. The van der Waals surface area contributed by atoms with Gasteiger partial charge in [-0.05, 0) is 73.9 Å². The van der Waals surface area contributed by atoms with E-state index >= 15 is 0 Å². The Balaban J connectivity index is 2.06. The Hall–Kier alpha value is -3.27. The number of methoxy groups -OCH3 is 1. The van der Waals surface area contributed by atoms with Gasteiger partial charge in [0.2, 0.25) is 11.8 Å². The number of anilines is 1. The number of sulfonamides is 1. The van der Waals surface area contributed by atoms with Crippen molar-refractivity contribution >= 4 is 50.7 Å². The minimum Gasteiger partial charge on any atom is -0.497 e. The van der Waals surface area contributed by atoms with Crippen LogP contribution in [0, 0.1) is 6.92 Å². The van der Waals surface area contributed by atoms with Crippen molar-refractivity contribution in [1.82, 2.24) is 10.2 Å². The third-order valence-electron chi connectivity index (χ3n) is 6.82. The van der Waals surface area contributed by atoms with Gasteiger partial charge in [0.15, 0.2) is 0 Å². The number of unbranched alkanes of at least 4 members (excludes halogenated alkanes) is 1. The molecule has 0 saturated carbocycles. The predicted molar refractivity (Wildman–Crippen MR) is 168 cm³/mol. The summed E-state index contributed by atoms with van der Waals surface area (Å²) in [5.41, 5.74) is 1.74. The van der Waals surface area contributed by atoms with E-state index in [2.05, 4.69) is 5.32 Å². The molecule has 0 aliphatic carbocycles. The van der Waals surface area contributed by atoms with Gasteiger partial charge in [-0.3, -0.25) is 13.9 Å². The Labute approximate surface area is 258 Å². The molecule has 0 bridgehead atoms. The molecule has 0 aromatic heterocycles. The fourth-order valence-electron chi connectivity index (χ4n) is 4.37. The molecule has 0 aliphatic heterocycles. The fraction of sp³-hybridized carbons (Fsp3) is 0.355. The zero-order valence-electron chi connectivity index (χ0n) is 24.3. The molecular formula is C31H37Cl2N3O5S. The highest BCUT2D eigenvalue weighted by Crippen LogP contribution is 2.28. The van der Waals surface area contributed by atoms with Gasteiger partial charge in [-0.25, -0.2) is 8.42 Å². The van der Waals surface area contributed by atoms with Gasteiger partial charge in [0.05, 0.1) is 17.7 Å². The van der Waals surface area contributed by atoms with Gasteiger partial charge in [-0.1, -0.05) is 67.2 Å². The van der Waals surface area contributed by atoms with Crippen LogP contribution in [0.4, 0.5) is 5.69 Å². The van der Waals surface area contributed by atoms with Crippen LogP contribution in [0.25, 0.3) is 0 Å². The normalized spacial score (nSPS) is 12.0. The van der Waals surface area contributed by atoms with Crippen LogP contribution in [0.5, 0.6) is 5.75 Å². The van der Waals surface area contributed by atoms with Crippen LogP contribution >= 0.6 is 23.2 Å². The molecule has 8 nitrogen and oxygen atoms in total. The van der Waals surface area contributed by atoms with E-state index in [4.69, 9.17) is 27.9 Å². The lowest BCUT2D eigenvalue weighted by Gasteiger charge is -2.33. The van der Waals surface area contributed by atoms with E-state index in [0.717, 1.165) is 22.7 Å². The van der Waals surface area contributed by atoms with E-state index in [1.54, 1.807) is 61.5 Å². The molecule has 3 rings (SSSR count). The Kier molecular flexibility index (Phi) is 12.1. The van der Waals surface area contributed by atoms with E-state index in [9.17, 15) is 18.0 Å². The van der Waals surface area contributed by atoms with Gasteiger partial charge >= 0.3 is 0 Å². The van der Waals surface area contributed by atoms with Crippen molar-refractivity contribution < 1.29 is 22.7 Å². The molecule has 2 amide bonds. The number of nitrogens with one attached hydrogen (secondary N) is 1. The topological polar surface area (TPSA) is 96.0 Å². The Morgan fingerprint density at radius 3 is 2.21 bits per heavy atom. The quantitative estimate of drug-likeness (QED) is 0.212. The van der Waals surface area contributed by atoms with Crippen molar-refractivity contribution in [3.05, 3.63) is 87.9 Å². The van der Waals surface area contributed by atoms with Crippen LogP contribution in [0.3, 0.4) is 0 Å². The van der Waals surface area contributed by atoms with Gasteiger partial charge < -0.3 is 15.0 Å². The molecule has 226 valence electrons. The molecule has 1 N–H and O–H groups in total. The lowest BCUT2D eigenvalue weighted by molar-refractivity contribution is -0.140. The second-order valence-corrected chi connectivity index (χ2v) is 12.6. The van der Waals surface area contributed by atoms with Crippen molar-refractivity contribution in [2.75, 3.05) is 24.5 Å². The van der Waals surface area contributed by atoms with Crippen LogP contribution in [0.15, 0.2) is 71.6 Å². The summed E-state index contributed by atoms with van der Waals surface area (Å²) in [6.07, 6.45) is 2.00. The summed E-state index contributed by atoms with van der Waals surface area (Å²) in [6, 6.07) is 16.9. The summed E-state index contributed by atoms with van der Waals surface area (Å²) in [4.78, 5) is 28.9. The Morgan fingerprint density at radius 2 is 1.64 bits per heavy atom. The van der Waals surface area contributed by atoms with Gasteiger partial charge in [0.25, 0.3) is 10.0 Å². The second kappa shape index (κ2) is 15.3. The lowest BCUT2D eigenvalue weighted by Crippen LogP contribution is -2.52. The number of hydrogen-bond acceptors (Lipinski definition) is 5. The third-order valence-corrected chi connectivity index (χ3v) is 9.19.